The molecule has 2 aliphatic rings. The minimum Gasteiger partial charge on any atom is -0.369 e. The first-order valence-corrected chi connectivity index (χ1v) is 15.8. The topological polar surface area (TPSA) is 49.6 Å². The number of hydrogen-bond donors (Lipinski definition) is 1. The Morgan fingerprint density at radius 3 is 1.91 bits per heavy atom. The summed E-state index contributed by atoms with van der Waals surface area (Å²) in [6.07, 6.45) is 6.58. The summed E-state index contributed by atoms with van der Waals surface area (Å²) in [5, 5.41) is 0. The number of amides is 1. The monoisotopic (exact) mass is 569 g/mol. The van der Waals surface area contributed by atoms with Crippen molar-refractivity contribution < 1.29 is 4.79 Å². The number of carbonyl (C=O) groups excluding carboxylic acids is 1. The fourth-order valence-electron chi connectivity index (χ4n) is 7.40. The zero-order valence-electron chi connectivity index (χ0n) is 25.3. The molecule has 0 radical (unpaired) electrons. The first kappa shape index (κ1) is 29.1. The minimum absolute atomic E-state index is 0.125. The highest BCUT2D eigenvalue weighted by atomic mass is 16.1. The van der Waals surface area contributed by atoms with Gasteiger partial charge in [0.2, 0.25) is 5.91 Å². The van der Waals surface area contributed by atoms with Crippen molar-refractivity contribution in [3.63, 3.8) is 0 Å². The van der Waals surface area contributed by atoms with Crippen LogP contribution >= 0.6 is 0 Å². The van der Waals surface area contributed by atoms with Crippen LogP contribution in [-0.2, 0) is 23.1 Å². The first-order chi connectivity index (χ1) is 21.1. The van der Waals surface area contributed by atoms with Crippen molar-refractivity contribution in [1.29, 1.82) is 0 Å². The highest BCUT2D eigenvalue weighted by Crippen LogP contribution is 2.43. The summed E-state index contributed by atoms with van der Waals surface area (Å²) in [7, 11) is 2.22. The lowest BCUT2D eigenvalue weighted by Gasteiger charge is -2.37. The highest BCUT2D eigenvalue weighted by Gasteiger charge is 2.49. The Hall–Kier alpha value is -3.99. The number of aryl methyl sites for hydroxylation is 2. The number of likely N-dealkylation sites (N-methyl/N-ethyl adjacent to an activating group) is 1. The molecule has 43 heavy (non-hydrogen) atoms. The number of nitrogens with zero attached hydrogens (tertiary/aromatic N) is 2. The summed E-state index contributed by atoms with van der Waals surface area (Å²) < 4.78 is 0. The van der Waals surface area contributed by atoms with Crippen LogP contribution in [0, 0.1) is 5.92 Å². The van der Waals surface area contributed by atoms with Gasteiger partial charge in [0.1, 0.15) is 5.41 Å². The van der Waals surface area contributed by atoms with Crippen LogP contribution in [0.4, 0.5) is 0 Å². The molecule has 0 saturated carbocycles. The summed E-state index contributed by atoms with van der Waals surface area (Å²) in [6.45, 7) is 4.81. The zero-order valence-corrected chi connectivity index (χ0v) is 25.3. The van der Waals surface area contributed by atoms with Crippen LogP contribution in [0.3, 0.4) is 0 Å². The van der Waals surface area contributed by atoms with Crippen molar-refractivity contribution in [2.24, 2.45) is 11.7 Å². The lowest BCUT2D eigenvalue weighted by Crippen LogP contribution is -2.49. The first-order valence-electron chi connectivity index (χ1n) is 15.8. The lowest BCUT2D eigenvalue weighted by atomic mass is 9.64. The molecule has 4 aromatic carbocycles. The van der Waals surface area contributed by atoms with E-state index >= 15 is 0 Å². The minimum atomic E-state index is -0.833. The van der Waals surface area contributed by atoms with Crippen LogP contribution in [0.15, 0.2) is 115 Å². The van der Waals surface area contributed by atoms with Crippen LogP contribution in [-0.4, -0.2) is 55.5 Å². The van der Waals surface area contributed by atoms with E-state index in [1.54, 1.807) is 0 Å². The molecule has 2 N–H and O–H groups in total. The summed E-state index contributed by atoms with van der Waals surface area (Å²) in [4.78, 5) is 18.4. The molecule has 1 saturated heterocycles. The van der Waals surface area contributed by atoms with E-state index in [2.05, 4.69) is 95.7 Å². The van der Waals surface area contributed by atoms with Gasteiger partial charge in [-0.1, -0.05) is 115 Å². The SMILES string of the molecule is CN(CCC=C1c2ccccc2CCc2ccccc21)CCN1CCC(C(C(N)=O)(c2ccccc2)c2ccccc2)C1. The third-order valence-corrected chi connectivity index (χ3v) is 9.67. The number of carbonyl (C=O) groups is 1. The number of hydrogen-bond acceptors (Lipinski definition) is 3. The molecular weight excluding hydrogens is 526 g/mol. The second-order valence-electron chi connectivity index (χ2n) is 12.2. The van der Waals surface area contributed by atoms with Gasteiger partial charge in [-0.2, -0.15) is 0 Å². The van der Waals surface area contributed by atoms with Crippen molar-refractivity contribution >= 4 is 11.5 Å². The number of primary amides is 1. The van der Waals surface area contributed by atoms with Crippen molar-refractivity contribution in [1.82, 2.24) is 9.80 Å². The molecule has 4 heteroatoms. The van der Waals surface area contributed by atoms with Gasteiger partial charge < -0.3 is 15.5 Å². The second-order valence-corrected chi connectivity index (χ2v) is 12.2. The number of likely N-dealkylation sites (tertiary alicyclic amines) is 1. The number of rotatable bonds is 10. The molecule has 4 aromatic rings. The van der Waals surface area contributed by atoms with Gasteiger partial charge in [-0.25, -0.2) is 0 Å². The summed E-state index contributed by atoms with van der Waals surface area (Å²) in [5.41, 5.74) is 14.5. The summed E-state index contributed by atoms with van der Waals surface area (Å²) in [5.74, 6) is -0.135. The largest absolute Gasteiger partial charge is 0.369 e. The van der Waals surface area contributed by atoms with E-state index in [4.69, 9.17) is 5.73 Å². The zero-order chi connectivity index (χ0) is 29.6. The van der Waals surface area contributed by atoms with Gasteiger partial charge in [0, 0.05) is 26.2 Å². The van der Waals surface area contributed by atoms with E-state index in [-0.39, 0.29) is 11.8 Å². The quantitative estimate of drug-likeness (QED) is 0.243. The van der Waals surface area contributed by atoms with Crippen LogP contribution in [0.1, 0.15) is 46.2 Å². The van der Waals surface area contributed by atoms with Crippen LogP contribution in [0.2, 0.25) is 0 Å². The number of nitrogens with two attached hydrogens (primary N) is 1. The average Bonchev–Trinajstić information content (AvgIpc) is 3.45. The molecule has 1 fully saturated rings. The molecule has 1 amide bonds. The Bertz CT molecular complexity index is 1470. The molecule has 6 rings (SSSR count). The predicted molar refractivity (Wildman–Crippen MR) is 177 cm³/mol. The van der Waals surface area contributed by atoms with Crippen molar-refractivity contribution in [2.45, 2.75) is 31.1 Å². The Labute approximate surface area is 256 Å². The smallest absolute Gasteiger partial charge is 0.232 e. The number of benzene rings is 4. The van der Waals surface area contributed by atoms with Crippen molar-refractivity contribution in [3.8, 4) is 0 Å². The van der Waals surface area contributed by atoms with E-state index in [9.17, 15) is 4.79 Å². The molecule has 0 spiro atoms. The van der Waals surface area contributed by atoms with E-state index in [0.717, 1.165) is 69.5 Å². The van der Waals surface area contributed by atoms with Gasteiger partial charge in [0.05, 0.1) is 0 Å². The van der Waals surface area contributed by atoms with Gasteiger partial charge >= 0.3 is 0 Å². The fourth-order valence-corrected chi connectivity index (χ4v) is 7.40. The van der Waals surface area contributed by atoms with Crippen LogP contribution < -0.4 is 5.73 Å². The molecule has 0 bridgehead atoms. The van der Waals surface area contributed by atoms with Gasteiger partial charge in [0.25, 0.3) is 0 Å². The molecule has 220 valence electrons. The molecule has 1 aliphatic heterocycles. The Balaban J connectivity index is 1.12. The molecule has 1 aliphatic carbocycles. The molecule has 1 atom stereocenters. The molecular formula is C39H43N3O. The normalized spacial score (nSPS) is 16.9. The van der Waals surface area contributed by atoms with E-state index in [1.165, 1.54) is 27.8 Å². The maximum atomic E-state index is 13.4. The van der Waals surface area contributed by atoms with Crippen molar-refractivity contribution in [2.75, 3.05) is 39.8 Å². The summed E-state index contributed by atoms with van der Waals surface area (Å²) in [6, 6.07) is 38.1. The molecule has 1 unspecified atom stereocenters. The summed E-state index contributed by atoms with van der Waals surface area (Å²) >= 11 is 0. The lowest BCUT2D eigenvalue weighted by molar-refractivity contribution is -0.123. The van der Waals surface area contributed by atoms with Gasteiger partial charge in [-0.05, 0) is 84.1 Å². The Morgan fingerprint density at radius 1 is 0.814 bits per heavy atom. The molecule has 0 aromatic heterocycles. The fraction of sp³-hybridized carbons (Fsp3) is 0.308. The van der Waals surface area contributed by atoms with Crippen LogP contribution in [0.5, 0.6) is 0 Å². The maximum Gasteiger partial charge on any atom is 0.232 e. The van der Waals surface area contributed by atoms with Gasteiger partial charge in [0.15, 0.2) is 0 Å². The Morgan fingerprint density at radius 2 is 1.35 bits per heavy atom. The van der Waals surface area contributed by atoms with E-state index in [1.807, 2.05) is 36.4 Å². The van der Waals surface area contributed by atoms with E-state index in [0.29, 0.717) is 0 Å². The highest BCUT2D eigenvalue weighted by molar-refractivity contribution is 5.91. The maximum absolute atomic E-state index is 13.4. The Kier molecular flexibility index (Phi) is 8.87. The van der Waals surface area contributed by atoms with E-state index < -0.39 is 5.41 Å². The standard InChI is InChI=1S/C39H43N3O/c1-41(25-12-21-37-35-19-10-8-13-30(35)22-23-31-14-9-11-20-36(31)37)27-28-42-26-24-34(29-42)39(38(40)43,32-15-4-2-5-16-32)33-17-6-3-7-18-33/h2-11,13-21,34H,12,22-29H2,1H3,(H2,40,43). The third-order valence-electron chi connectivity index (χ3n) is 9.67. The molecule has 1 heterocycles. The number of fused-ring (bicyclic) bond motifs is 2. The van der Waals surface area contributed by atoms with Crippen LogP contribution in [0.25, 0.3) is 5.57 Å². The third kappa shape index (κ3) is 5.95. The molecule has 4 nitrogen and oxygen atoms in total. The van der Waals surface area contributed by atoms with Gasteiger partial charge in [-0.15, -0.1) is 0 Å². The van der Waals surface area contributed by atoms with Gasteiger partial charge in [-0.3, -0.25) is 4.79 Å². The second kappa shape index (κ2) is 13.1. The average molecular weight is 570 g/mol. The van der Waals surface area contributed by atoms with Crippen molar-refractivity contribution in [3.05, 3.63) is 149 Å². The predicted octanol–water partition coefficient (Wildman–Crippen LogP) is 6.33.